The fraction of sp³-hybridized carbons (Fsp3) is 0. The Hall–Kier alpha value is 0.210. The molecule has 0 heterocycles. The van der Waals surface area contributed by atoms with Crippen molar-refractivity contribution in [3.8, 4) is 0 Å². The van der Waals surface area contributed by atoms with E-state index in [1.54, 1.807) is 0 Å². The third-order valence-corrected chi connectivity index (χ3v) is 3.77. The number of hydrogen-bond donors (Lipinski definition) is 10. The molecule has 120 valence electrons. The number of rotatable bonds is 4. The maximum absolute atomic E-state index is 10.4. The lowest BCUT2D eigenvalue weighted by Crippen LogP contribution is -1.91. The highest BCUT2D eigenvalue weighted by atomic mass is 31.3. The lowest BCUT2D eigenvalue weighted by Gasteiger charge is -2.11. The van der Waals surface area contributed by atoms with Gasteiger partial charge in [-0.25, -0.2) is 13.7 Å². The minimum absolute atomic E-state index is 0. The van der Waals surface area contributed by atoms with E-state index in [1.807, 2.05) is 0 Å². The molecule has 0 unspecified atom stereocenters. The van der Waals surface area contributed by atoms with Crippen LogP contribution < -0.4 is 30.8 Å². The average molecular weight is 343 g/mol. The molecule has 0 aromatic carbocycles. The van der Waals surface area contributed by atoms with Crippen molar-refractivity contribution in [3.63, 3.8) is 0 Å². The largest absolute Gasteiger partial charge is 0.490 e. The van der Waals surface area contributed by atoms with E-state index in [1.165, 1.54) is 0 Å². The SMILES string of the molecule is N.N.N.N.N.O=P(O)(O)OP(=O)(O)OP(=O)(O)O. The molecule has 20 N–H and O–H groups in total. The average Bonchev–Trinajstić information content (AvgIpc) is 1.43. The zero-order valence-corrected chi connectivity index (χ0v) is 11.8. The van der Waals surface area contributed by atoms with Crippen LogP contribution in [0.3, 0.4) is 0 Å². The second-order valence-electron chi connectivity index (χ2n) is 1.61. The van der Waals surface area contributed by atoms with Gasteiger partial charge in [0.1, 0.15) is 0 Å². The van der Waals surface area contributed by atoms with Crippen molar-refractivity contribution in [3.05, 3.63) is 0 Å². The standard InChI is InChI=1S/5H3N.H5O10P3/c;;;;;1-11(2,3)9-13(7,8)10-12(4,5)6/h5*1H3;(H,7,8)(H2,1,2,3)(H2,4,5,6). The third kappa shape index (κ3) is 25.2. The molecule has 18 heavy (non-hydrogen) atoms. The molecule has 18 heteroatoms. The first kappa shape index (κ1) is 36.2. The summed E-state index contributed by atoms with van der Waals surface area (Å²) in [4.78, 5) is 40.2. The van der Waals surface area contributed by atoms with Crippen molar-refractivity contribution in [1.82, 2.24) is 30.8 Å². The van der Waals surface area contributed by atoms with Gasteiger partial charge in [-0.1, -0.05) is 0 Å². The maximum Gasteiger partial charge on any atom is 0.490 e. The van der Waals surface area contributed by atoms with E-state index in [9.17, 15) is 13.7 Å². The molecule has 0 fully saturated rings. The van der Waals surface area contributed by atoms with E-state index >= 15 is 0 Å². The van der Waals surface area contributed by atoms with Crippen LogP contribution in [0.1, 0.15) is 0 Å². The molecular formula is H20N5O10P3. The lowest BCUT2D eigenvalue weighted by atomic mass is 14.0. The van der Waals surface area contributed by atoms with Gasteiger partial charge in [0.05, 0.1) is 0 Å². The second kappa shape index (κ2) is 11.1. The zero-order valence-electron chi connectivity index (χ0n) is 9.15. The van der Waals surface area contributed by atoms with Crippen molar-refractivity contribution in [1.29, 1.82) is 0 Å². The van der Waals surface area contributed by atoms with Gasteiger partial charge in [0.2, 0.25) is 0 Å². The van der Waals surface area contributed by atoms with Gasteiger partial charge in [0.25, 0.3) is 0 Å². The monoisotopic (exact) mass is 343 g/mol. The molecule has 0 radical (unpaired) electrons. The molecular weight excluding hydrogens is 323 g/mol. The molecule has 0 saturated heterocycles. The van der Waals surface area contributed by atoms with Crippen molar-refractivity contribution in [2.24, 2.45) is 0 Å². The highest BCUT2D eigenvalue weighted by Crippen LogP contribution is 2.64. The first-order valence-electron chi connectivity index (χ1n) is 2.28. The first-order chi connectivity index (χ1) is 5.41. The Morgan fingerprint density at radius 1 is 0.556 bits per heavy atom. The van der Waals surface area contributed by atoms with Crippen LogP contribution in [-0.2, 0) is 22.3 Å². The summed E-state index contributed by atoms with van der Waals surface area (Å²) in [5.41, 5.74) is 0. The minimum atomic E-state index is -5.46. The van der Waals surface area contributed by atoms with Gasteiger partial charge in [0, 0.05) is 0 Å². The molecule has 0 saturated carbocycles. The molecule has 0 aliphatic heterocycles. The Morgan fingerprint density at radius 2 is 0.722 bits per heavy atom. The molecule has 0 aliphatic carbocycles. The van der Waals surface area contributed by atoms with Crippen molar-refractivity contribution >= 4 is 23.5 Å². The fourth-order valence-electron chi connectivity index (χ4n) is 0.284. The van der Waals surface area contributed by atoms with E-state index in [4.69, 9.17) is 24.5 Å². The highest BCUT2D eigenvalue weighted by molar-refractivity contribution is 7.66. The van der Waals surface area contributed by atoms with Crippen LogP contribution in [0.4, 0.5) is 0 Å². The Bertz CT molecular complexity index is 287. The molecule has 15 nitrogen and oxygen atoms in total. The molecule has 0 atom stereocenters. The van der Waals surface area contributed by atoms with E-state index in [0.717, 1.165) is 0 Å². The molecule has 0 rings (SSSR count). The molecule has 0 aromatic rings. The van der Waals surface area contributed by atoms with Crippen LogP contribution in [0.15, 0.2) is 0 Å². The van der Waals surface area contributed by atoms with E-state index in [0.29, 0.717) is 0 Å². The van der Waals surface area contributed by atoms with Crippen molar-refractivity contribution in [2.75, 3.05) is 0 Å². The fourth-order valence-corrected chi connectivity index (χ4v) is 2.82. The highest BCUT2D eigenvalue weighted by Gasteiger charge is 2.38. The zero-order chi connectivity index (χ0) is 10.9. The van der Waals surface area contributed by atoms with Crippen molar-refractivity contribution in [2.45, 2.75) is 0 Å². The van der Waals surface area contributed by atoms with Crippen LogP contribution in [-0.4, -0.2) is 24.5 Å². The Balaban J connectivity index is -0.0000000720. The molecule has 0 aliphatic rings. The summed E-state index contributed by atoms with van der Waals surface area (Å²) in [6.07, 6.45) is 0. The smallest absolute Gasteiger partial charge is 0.344 e. The molecule has 0 bridgehead atoms. The van der Waals surface area contributed by atoms with Crippen LogP contribution in [0.5, 0.6) is 0 Å². The van der Waals surface area contributed by atoms with Crippen molar-refractivity contribution < 1.29 is 46.8 Å². The van der Waals surface area contributed by atoms with Gasteiger partial charge in [-0.05, 0) is 0 Å². The predicted octanol–water partition coefficient (Wildman–Crippen LogP) is 0.115. The quantitative estimate of drug-likeness (QED) is 0.302. The summed E-state index contributed by atoms with van der Waals surface area (Å²) < 4.78 is 36.4. The van der Waals surface area contributed by atoms with Gasteiger partial charge < -0.3 is 55.2 Å². The predicted molar refractivity (Wildman–Crippen MR) is 61.2 cm³/mol. The first-order valence-corrected chi connectivity index (χ1v) is 6.83. The summed E-state index contributed by atoms with van der Waals surface area (Å²) in [6, 6.07) is 0. The van der Waals surface area contributed by atoms with Gasteiger partial charge in [-0.15, -0.1) is 0 Å². The molecule has 0 amide bonds. The Labute approximate surface area is 102 Å². The number of hydrogen-bond acceptors (Lipinski definition) is 10. The van der Waals surface area contributed by atoms with Crippen LogP contribution >= 0.6 is 23.5 Å². The second-order valence-corrected chi connectivity index (χ2v) is 5.82. The Kier molecular flexibility index (Phi) is 22.3. The molecule has 0 spiro atoms. The van der Waals surface area contributed by atoms with E-state index < -0.39 is 23.5 Å². The number of phosphoric acid groups is 3. The summed E-state index contributed by atoms with van der Waals surface area (Å²) in [6.45, 7) is 0. The van der Waals surface area contributed by atoms with Gasteiger partial charge >= 0.3 is 23.5 Å². The molecule has 0 aromatic heterocycles. The lowest BCUT2D eigenvalue weighted by molar-refractivity contribution is 0.204. The summed E-state index contributed by atoms with van der Waals surface area (Å²) in [7, 11) is -16.2. The summed E-state index contributed by atoms with van der Waals surface area (Å²) in [5.74, 6) is 0. The minimum Gasteiger partial charge on any atom is -0.344 e. The van der Waals surface area contributed by atoms with Crippen LogP contribution in [0, 0.1) is 0 Å². The van der Waals surface area contributed by atoms with Gasteiger partial charge in [-0.2, -0.15) is 8.62 Å². The van der Waals surface area contributed by atoms with E-state index in [2.05, 4.69) is 8.62 Å². The van der Waals surface area contributed by atoms with Gasteiger partial charge in [0.15, 0.2) is 0 Å². The normalized spacial score (nSPS) is 10.5. The van der Waals surface area contributed by atoms with Gasteiger partial charge in [-0.3, -0.25) is 0 Å². The third-order valence-electron chi connectivity index (χ3n) is 0.419. The maximum atomic E-state index is 10.4. The summed E-state index contributed by atoms with van der Waals surface area (Å²) >= 11 is 0. The Morgan fingerprint density at radius 3 is 0.833 bits per heavy atom. The summed E-state index contributed by atoms with van der Waals surface area (Å²) in [5, 5.41) is 0. The topological polar surface area (TPSA) is 346 Å². The van der Waals surface area contributed by atoms with Crippen LogP contribution in [0.25, 0.3) is 0 Å². The van der Waals surface area contributed by atoms with E-state index in [-0.39, 0.29) is 30.8 Å². The van der Waals surface area contributed by atoms with Crippen LogP contribution in [0.2, 0.25) is 0 Å².